The van der Waals surface area contributed by atoms with Crippen LogP contribution in [0.3, 0.4) is 0 Å². The minimum Gasteiger partial charge on any atom is -0.487 e. The number of urea groups is 1. The molecule has 0 unspecified atom stereocenters. The second kappa shape index (κ2) is 9.14. The Hall–Kier alpha value is -2.80. The number of ether oxygens (including phenoxy) is 1. The minimum atomic E-state index is -0.330. The van der Waals surface area contributed by atoms with Gasteiger partial charge >= 0.3 is 6.03 Å². The summed E-state index contributed by atoms with van der Waals surface area (Å²) in [4.78, 5) is 29.2. The van der Waals surface area contributed by atoms with Crippen LogP contribution < -0.4 is 15.0 Å². The maximum absolute atomic E-state index is 13.7. The first-order valence-corrected chi connectivity index (χ1v) is 10.8. The number of halogens is 2. The van der Waals surface area contributed by atoms with Gasteiger partial charge in [-0.05, 0) is 44.0 Å². The smallest absolute Gasteiger partial charge is 0.324 e. The Balaban J connectivity index is 1.35. The van der Waals surface area contributed by atoms with Gasteiger partial charge in [-0.1, -0.05) is 29.8 Å². The number of hydrogen-bond donors (Lipinski definition) is 1. The van der Waals surface area contributed by atoms with Gasteiger partial charge in [-0.3, -0.25) is 9.69 Å². The van der Waals surface area contributed by atoms with Crippen LogP contribution >= 0.6 is 11.6 Å². The number of piperidine rings is 1. The summed E-state index contributed by atoms with van der Waals surface area (Å²) in [5.41, 5.74) is 1.13. The van der Waals surface area contributed by atoms with Crippen molar-refractivity contribution in [3.63, 3.8) is 0 Å². The highest BCUT2D eigenvalue weighted by atomic mass is 35.5. The van der Waals surface area contributed by atoms with E-state index in [-0.39, 0.29) is 36.3 Å². The number of rotatable bonds is 3. The van der Waals surface area contributed by atoms with Crippen molar-refractivity contribution in [1.82, 2.24) is 10.2 Å². The van der Waals surface area contributed by atoms with E-state index in [1.54, 1.807) is 46.2 Å². The summed E-state index contributed by atoms with van der Waals surface area (Å²) in [6.45, 7) is 3.49. The first-order chi connectivity index (χ1) is 14.9. The molecule has 0 spiro atoms. The van der Waals surface area contributed by atoms with Gasteiger partial charge in [0.05, 0.1) is 12.2 Å². The number of likely N-dealkylation sites (tertiary alicyclic amines) is 1. The lowest BCUT2D eigenvalue weighted by Crippen LogP contribution is -2.52. The molecule has 31 heavy (non-hydrogen) atoms. The second-order valence-electron chi connectivity index (χ2n) is 8.00. The van der Waals surface area contributed by atoms with Gasteiger partial charge in [0.1, 0.15) is 17.7 Å². The molecule has 2 heterocycles. The van der Waals surface area contributed by atoms with Crippen molar-refractivity contribution in [3.8, 4) is 5.75 Å². The molecule has 164 valence electrons. The fourth-order valence-corrected chi connectivity index (χ4v) is 4.23. The molecule has 1 atom stereocenters. The van der Waals surface area contributed by atoms with Gasteiger partial charge < -0.3 is 15.0 Å². The summed E-state index contributed by atoms with van der Waals surface area (Å²) in [6.07, 6.45) is 1.01. The van der Waals surface area contributed by atoms with E-state index in [1.165, 1.54) is 6.07 Å². The van der Waals surface area contributed by atoms with E-state index >= 15 is 0 Å². The summed E-state index contributed by atoms with van der Waals surface area (Å²) in [6, 6.07) is 11.6. The molecule has 2 aromatic carbocycles. The first-order valence-electron chi connectivity index (χ1n) is 10.5. The SMILES string of the molecule is C[C@@H]1CN(C(=O)N2CCC(C(=O)NCc3ccccc3F)CC2)c2cc(Cl)ccc2O1. The van der Waals surface area contributed by atoms with Crippen LogP contribution in [0.4, 0.5) is 14.9 Å². The lowest BCUT2D eigenvalue weighted by atomic mass is 9.96. The molecule has 2 aliphatic heterocycles. The highest BCUT2D eigenvalue weighted by Gasteiger charge is 2.34. The summed E-state index contributed by atoms with van der Waals surface area (Å²) < 4.78 is 19.6. The van der Waals surface area contributed by atoms with Crippen LogP contribution in [0.15, 0.2) is 42.5 Å². The van der Waals surface area contributed by atoms with E-state index in [4.69, 9.17) is 16.3 Å². The van der Waals surface area contributed by atoms with Crippen LogP contribution in [0.1, 0.15) is 25.3 Å². The first kappa shape index (κ1) is 21.4. The van der Waals surface area contributed by atoms with Crippen molar-refractivity contribution < 1.29 is 18.7 Å². The minimum absolute atomic E-state index is 0.104. The normalized spacial score (nSPS) is 18.9. The number of nitrogens with zero attached hydrogens (tertiary/aromatic N) is 2. The molecule has 8 heteroatoms. The average molecular weight is 446 g/mol. The number of carbonyl (C=O) groups is 2. The van der Waals surface area contributed by atoms with Gasteiger partial charge in [-0.15, -0.1) is 0 Å². The number of nitrogens with one attached hydrogen (secondary N) is 1. The Bertz CT molecular complexity index is 978. The summed E-state index contributed by atoms with van der Waals surface area (Å²) >= 11 is 6.13. The lowest BCUT2D eigenvalue weighted by molar-refractivity contribution is -0.126. The van der Waals surface area contributed by atoms with E-state index in [2.05, 4.69) is 5.32 Å². The van der Waals surface area contributed by atoms with Crippen molar-refractivity contribution in [1.29, 1.82) is 0 Å². The van der Waals surface area contributed by atoms with E-state index in [0.717, 1.165) is 0 Å². The fraction of sp³-hybridized carbons (Fsp3) is 0.391. The lowest BCUT2D eigenvalue weighted by Gasteiger charge is -2.39. The Morgan fingerprint density at radius 2 is 1.94 bits per heavy atom. The van der Waals surface area contributed by atoms with Crippen LogP contribution in [0, 0.1) is 11.7 Å². The standard InChI is InChI=1S/C23H25ClFN3O3/c1-15-14-28(20-12-18(24)6-7-21(20)31-15)23(30)27-10-8-16(9-11-27)22(29)26-13-17-4-2-3-5-19(17)25/h2-7,12,15-16H,8-11,13-14H2,1H3,(H,26,29)/t15-/m1/s1. The molecule has 4 rings (SSSR count). The molecular formula is C23H25ClFN3O3. The van der Waals surface area contributed by atoms with Crippen LogP contribution in [0.25, 0.3) is 0 Å². The number of benzene rings is 2. The molecular weight excluding hydrogens is 421 g/mol. The van der Waals surface area contributed by atoms with Crippen LogP contribution in [0.5, 0.6) is 5.75 Å². The number of carbonyl (C=O) groups excluding carboxylic acids is 2. The van der Waals surface area contributed by atoms with Gasteiger partial charge in [0.25, 0.3) is 0 Å². The van der Waals surface area contributed by atoms with Crippen LogP contribution in [-0.2, 0) is 11.3 Å². The number of amides is 3. The van der Waals surface area contributed by atoms with Crippen molar-refractivity contribution >= 4 is 29.2 Å². The summed E-state index contributed by atoms with van der Waals surface area (Å²) in [5.74, 6) is 0.0101. The van der Waals surface area contributed by atoms with Gasteiger partial charge in [0.15, 0.2) is 0 Å². The molecule has 1 N–H and O–H groups in total. The van der Waals surface area contributed by atoms with E-state index < -0.39 is 0 Å². The molecule has 1 fully saturated rings. The zero-order valence-corrected chi connectivity index (χ0v) is 18.1. The number of anilines is 1. The van der Waals surface area contributed by atoms with E-state index in [0.29, 0.717) is 54.5 Å². The van der Waals surface area contributed by atoms with Crippen molar-refractivity contribution in [2.45, 2.75) is 32.4 Å². The van der Waals surface area contributed by atoms with E-state index in [9.17, 15) is 14.0 Å². The van der Waals surface area contributed by atoms with Crippen molar-refractivity contribution in [2.24, 2.45) is 5.92 Å². The Kier molecular flexibility index (Phi) is 6.32. The Labute approximate surface area is 185 Å². The summed E-state index contributed by atoms with van der Waals surface area (Å²) in [5, 5.41) is 3.36. The third kappa shape index (κ3) is 4.77. The molecule has 0 saturated carbocycles. The van der Waals surface area contributed by atoms with Crippen LogP contribution in [-0.4, -0.2) is 42.6 Å². The highest BCUT2D eigenvalue weighted by Crippen LogP contribution is 2.36. The van der Waals surface area contributed by atoms with Gasteiger partial charge in [0.2, 0.25) is 5.91 Å². The molecule has 0 aromatic heterocycles. The second-order valence-corrected chi connectivity index (χ2v) is 8.44. The fourth-order valence-electron chi connectivity index (χ4n) is 4.06. The molecule has 2 aliphatic rings. The Morgan fingerprint density at radius 3 is 2.68 bits per heavy atom. The zero-order chi connectivity index (χ0) is 22.0. The maximum atomic E-state index is 13.7. The Morgan fingerprint density at radius 1 is 1.19 bits per heavy atom. The van der Waals surface area contributed by atoms with Crippen molar-refractivity contribution in [2.75, 3.05) is 24.5 Å². The predicted molar refractivity (Wildman–Crippen MR) is 117 cm³/mol. The van der Waals surface area contributed by atoms with E-state index in [1.807, 2.05) is 6.92 Å². The monoisotopic (exact) mass is 445 g/mol. The number of fused-ring (bicyclic) bond motifs is 1. The zero-order valence-electron chi connectivity index (χ0n) is 17.3. The average Bonchev–Trinajstić information content (AvgIpc) is 2.77. The molecule has 0 radical (unpaired) electrons. The van der Waals surface area contributed by atoms with Crippen LogP contribution in [0.2, 0.25) is 5.02 Å². The topological polar surface area (TPSA) is 61.9 Å². The maximum Gasteiger partial charge on any atom is 0.324 e. The molecule has 6 nitrogen and oxygen atoms in total. The summed E-state index contributed by atoms with van der Waals surface area (Å²) in [7, 11) is 0. The number of hydrogen-bond acceptors (Lipinski definition) is 3. The van der Waals surface area contributed by atoms with Gasteiger partial charge in [-0.25, -0.2) is 9.18 Å². The van der Waals surface area contributed by atoms with Crippen molar-refractivity contribution in [3.05, 3.63) is 58.9 Å². The molecule has 1 saturated heterocycles. The molecule has 0 bridgehead atoms. The highest BCUT2D eigenvalue weighted by molar-refractivity contribution is 6.31. The molecule has 3 amide bonds. The largest absolute Gasteiger partial charge is 0.487 e. The molecule has 0 aliphatic carbocycles. The third-order valence-electron chi connectivity index (χ3n) is 5.76. The van der Waals surface area contributed by atoms with Gasteiger partial charge in [0, 0.05) is 36.1 Å². The van der Waals surface area contributed by atoms with Gasteiger partial charge in [-0.2, -0.15) is 0 Å². The quantitative estimate of drug-likeness (QED) is 0.769. The third-order valence-corrected chi connectivity index (χ3v) is 5.99. The predicted octanol–water partition coefficient (Wildman–Crippen LogP) is 4.21. The molecule has 2 aromatic rings.